The topological polar surface area (TPSA) is 32.5 Å². The molecule has 1 saturated heterocycles. The molecule has 13 heavy (non-hydrogen) atoms. The highest BCUT2D eigenvalue weighted by Crippen LogP contribution is 1.99. The lowest BCUT2D eigenvalue weighted by atomic mass is 10.3. The van der Waals surface area contributed by atoms with Crippen LogP contribution < -0.4 is 5.73 Å². The molecule has 3 nitrogen and oxygen atoms in total. The number of piperazine rings is 1. The summed E-state index contributed by atoms with van der Waals surface area (Å²) in [4.78, 5) is 4.74. The van der Waals surface area contributed by atoms with Crippen molar-refractivity contribution in [1.29, 1.82) is 0 Å². The fourth-order valence-corrected chi connectivity index (χ4v) is 1.35. The van der Waals surface area contributed by atoms with Crippen molar-refractivity contribution in [3.63, 3.8) is 0 Å². The van der Waals surface area contributed by atoms with Gasteiger partial charge in [-0.05, 0) is 19.2 Å². The lowest BCUT2D eigenvalue weighted by Gasteiger charge is -2.31. The second-order valence-corrected chi connectivity index (χ2v) is 3.51. The molecule has 2 N–H and O–H groups in total. The molecule has 3 heteroatoms. The highest BCUT2D eigenvalue weighted by Gasteiger charge is 2.11. The first-order valence-electron chi connectivity index (χ1n) is 4.71. The number of allylic oxidation sites excluding steroid dienone is 1. The summed E-state index contributed by atoms with van der Waals surface area (Å²) in [5, 5.41) is 0. The molecule has 0 spiro atoms. The van der Waals surface area contributed by atoms with E-state index in [1.807, 2.05) is 6.08 Å². The Balaban J connectivity index is 2.26. The van der Waals surface area contributed by atoms with Gasteiger partial charge in [-0.15, -0.1) is 0 Å². The van der Waals surface area contributed by atoms with E-state index in [4.69, 9.17) is 5.73 Å². The highest BCUT2D eigenvalue weighted by molar-refractivity contribution is 5.11. The molecule has 1 aliphatic heterocycles. The number of likely N-dealkylation sites (N-methyl/N-ethyl adjacent to an activating group) is 1. The predicted octanol–water partition coefficient (Wildman–Crippen LogP) is 0.262. The number of rotatable bonds is 3. The molecule has 1 heterocycles. The monoisotopic (exact) mass is 181 g/mol. The second-order valence-electron chi connectivity index (χ2n) is 3.51. The Morgan fingerprint density at radius 3 is 2.54 bits per heavy atom. The van der Waals surface area contributed by atoms with Crippen LogP contribution in [-0.2, 0) is 0 Å². The molecule has 0 aromatic heterocycles. The van der Waals surface area contributed by atoms with E-state index in [2.05, 4.69) is 23.4 Å². The molecule has 74 valence electrons. The molecule has 1 aliphatic rings. The van der Waals surface area contributed by atoms with Crippen molar-refractivity contribution in [1.82, 2.24) is 9.80 Å². The zero-order chi connectivity index (χ0) is 9.68. The molecular weight excluding hydrogens is 162 g/mol. The number of nitrogens with two attached hydrogens (primary N) is 1. The summed E-state index contributed by atoms with van der Waals surface area (Å²) < 4.78 is 0. The Morgan fingerprint density at radius 2 is 2.00 bits per heavy atom. The average molecular weight is 181 g/mol. The van der Waals surface area contributed by atoms with Crippen molar-refractivity contribution in [2.24, 2.45) is 5.73 Å². The predicted molar refractivity (Wildman–Crippen MR) is 56.4 cm³/mol. The minimum atomic E-state index is 0.777. The molecule has 0 bridgehead atoms. The molecule has 0 atom stereocenters. The van der Waals surface area contributed by atoms with Gasteiger partial charge in [0.15, 0.2) is 0 Å². The molecule has 0 aromatic carbocycles. The number of hydrogen-bond donors (Lipinski definition) is 1. The van der Waals surface area contributed by atoms with Gasteiger partial charge in [-0.2, -0.15) is 0 Å². The van der Waals surface area contributed by atoms with E-state index in [1.165, 1.54) is 0 Å². The molecule has 1 fully saturated rings. The molecule has 0 aliphatic carbocycles. The fraction of sp³-hybridized carbons (Fsp3) is 0.600. The van der Waals surface area contributed by atoms with Crippen LogP contribution in [0.15, 0.2) is 24.4 Å². The van der Waals surface area contributed by atoms with Crippen molar-refractivity contribution in [3.8, 4) is 0 Å². The van der Waals surface area contributed by atoms with E-state index in [-0.39, 0.29) is 0 Å². The molecule has 0 unspecified atom stereocenters. The third-order valence-electron chi connectivity index (χ3n) is 2.42. The van der Waals surface area contributed by atoms with Gasteiger partial charge >= 0.3 is 0 Å². The van der Waals surface area contributed by atoms with Crippen molar-refractivity contribution < 1.29 is 0 Å². The van der Waals surface area contributed by atoms with E-state index in [0.29, 0.717) is 0 Å². The smallest absolute Gasteiger partial charge is 0.0280 e. The lowest BCUT2D eigenvalue weighted by molar-refractivity contribution is 0.166. The van der Waals surface area contributed by atoms with E-state index < -0.39 is 0 Å². The summed E-state index contributed by atoms with van der Waals surface area (Å²) in [5.74, 6) is 0. The summed E-state index contributed by atoms with van der Waals surface area (Å²) in [6, 6.07) is 0. The lowest BCUT2D eigenvalue weighted by Crippen LogP contribution is -2.44. The molecule has 0 aromatic rings. The minimum absolute atomic E-state index is 0.777. The SMILES string of the molecule is C=C/C(N)=C\CN1CCN(C)CC1. The van der Waals surface area contributed by atoms with Crippen LogP contribution in [0.2, 0.25) is 0 Å². The standard InChI is InChI=1S/C10H19N3/c1-3-10(11)4-5-13-8-6-12(2)7-9-13/h3-4H,1,5-9,11H2,2H3/b10-4+. The van der Waals surface area contributed by atoms with Gasteiger partial charge in [0, 0.05) is 38.4 Å². The van der Waals surface area contributed by atoms with Crippen LogP contribution >= 0.6 is 0 Å². The van der Waals surface area contributed by atoms with Crippen molar-refractivity contribution >= 4 is 0 Å². The molecule has 1 rings (SSSR count). The fourth-order valence-electron chi connectivity index (χ4n) is 1.35. The largest absolute Gasteiger partial charge is 0.399 e. The first kappa shape index (κ1) is 10.3. The third kappa shape index (κ3) is 3.61. The quantitative estimate of drug-likeness (QED) is 0.634. The second kappa shape index (κ2) is 5.04. The molecule has 0 amide bonds. The summed E-state index contributed by atoms with van der Waals surface area (Å²) in [7, 11) is 2.16. The van der Waals surface area contributed by atoms with Crippen LogP contribution in [0, 0.1) is 0 Å². The number of nitrogens with zero attached hydrogens (tertiary/aromatic N) is 2. The van der Waals surface area contributed by atoms with Crippen LogP contribution in [0.25, 0.3) is 0 Å². The van der Waals surface area contributed by atoms with E-state index in [1.54, 1.807) is 6.08 Å². The van der Waals surface area contributed by atoms with Gasteiger partial charge in [-0.25, -0.2) is 0 Å². The van der Waals surface area contributed by atoms with E-state index in [0.717, 1.165) is 38.4 Å². The van der Waals surface area contributed by atoms with Gasteiger partial charge < -0.3 is 10.6 Å². The van der Waals surface area contributed by atoms with Gasteiger partial charge in [0.1, 0.15) is 0 Å². The maximum atomic E-state index is 5.62. The Labute approximate surface area is 80.5 Å². The Hall–Kier alpha value is -0.800. The van der Waals surface area contributed by atoms with Crippen LogP contribution in [0.5, 0.6) is 0 Å². The minimum Gasteiger partial charge on any atom is -0.399 e. The van der Waals surface area contributed by atoms with Crippen molar-refractivity contribution in [2.75, 3.05) is 39.8 Å². The molecule has 0 saturated carbocycles. The van der Waals surface area contributed by atoms with Crippen LogP contribution in [0.3, 0.4) is 0 Å². The molecular formula is C10H19N3. The van der Waals surface area contributed by atoms with Crippen LogP contribution in [-0.4, -0.2) is 49.6 Å². The summed E-state index contributed by atoms with van der Waals surface area (Å²) in [6.07, 6.45) is 3.72. The zero-order valence-electron chi connectivity index (χ0n) is 8.37. The first-order valence-corrected chi connectivity index (χ1v) is 4.71. The van der Waals surface area contributed by atoms with Crippen molar-refractivity contribution in [3.05, 3.63) is 24.4 Å². The van der Waals surface area contributed by atoms with Gasteiger partial charge in [0.2, 0.25) is 0 Å². The summed E-state index contributed by atoms with van der Waals surface area (Å²) >= 11 is 0. The Kier molecular flexibility index (Phi) is 3.99. The van der Waals surface area contributed by atoms with Gasteiger partial charge in [0.05, 0.1) is 0 Å². The first-order chi connectivity index (χ1) is 6.22. The molecule has 0 radical (unpaired) electrons. The summed E-state index contributed by atoms with van der Waals surface area (Å²) in [5.41, 5.74) is 6.40. The van der Waals surface area contributed by atoms with E-state index in [9.17, 15) is 0 Å². The van der Waals surface area contributed by atoms with Gasteiger partial charge in [-0.3, -0.25) is 4.90 Å². The van der Waals surface area contributed by atoms with Crippen LogP contribution in [0.1, 0.15) is 0 Å². The normalized spacial score (nSPS) is 21.8. The zero-order valence-corrected chi connectivity index (χ0v) is 8.37. The third-order valence-corrected chi connectivity index (χ3v) is 2.42. The van der Waals surface area contributed by atoms with Gasteiger partial charge in [0.25, 0.3) is 0 Å². The highest BCUT2D eigenvalue weighted by atomic mass is 15.2. The van der Waals surface area contributed by atoms with Gasteiger partial charge in [-0.1, -0.05) is 6.58 Å². The number of hydrogen-bond acceptors (Lipinski definition) is 3. The van der Waals surface area contributed by atoms with Crippen LogP contribution in [0.4, 0.5) is 0 Å². The maximum absolute atomic E-state index is 5.62. The Morgan fingerprint density at radius 1 is 1.38 bits per heavy atom. The van der Waals surface area contributed by atoms with Crippen molar-refractivity contribution in [2.45, 2.75) is 0 Å². The Bertz CT molecular complexity index is 190. The van der Waals surface area contributed by atoms with E-state index >= 15 is 0 Å². The summed E-state index contributed by atoms with van der Waals surface area (Å²) in [6.45, 7) is 9.15. The average Bonchev–Trinajstić information content (AvgIpc) is 2.16. The maximum Gasteiger partial charge on any atom is 0.0280 e.